The molecule has 2 saturated carbocycles. The Balaban J connectivity index is 1.81. The maximum Gasteiger partial charge on any atom is 0.333 e. The van der Waals surface area contributed by atoms with Crippen LogP contribution in [0, 0.1) is 17.8 Å². The molecule has 2 aliphatic carbocycles. The fourth-order valence-electron chi connectivity index (χ4n) is 3.17. The minimum absolute atomic E-state index is 0.137. The molecule has 17 heavy (non-hydrogen) atoms. The van der Waals surface area contributed by atoms with Gasteiger partial charge in [-0.3, -0.25) is 0 Å². The average molecular weight is 236 g/mol. The summed E-state index contributed by atoms with van der Waals surface area (Å²) in [7, 11) is 0. The van der Waals surface area contributed by atoms with Crippen molar-refractivity contribution in [3.05, 3.63) is 11.6 Å². The van der Waals surface area contributed by atoms with E-state index in [9.17, 15) is 4.79 Å². The van der Waals surface area contributed by atoms with Gasteiger partial charge in [-0.15, -0.1) is 0 Å². The van der Waals surface area contributed by atoms with Crippen LogP contribution in [0.5, 0.6) is 0 Å². The Morgan fingerprint density at radius 1 is 1.29 bits per heavy atom. The summed E-state index contributed by atoms with van der Waals surface area (Å²) in [5.41, 5.74) is 0.801. The molecule has 0 radical (unpaired) electrons. The molecule has 0 amide bonds. The van der Waals surface area contributed by atoms with E-state index in [0.717, 1.165) is 17.4 Å². The van der Waals surface area contributed by atoms with Crippen LogP contribution in [0.25, 0.3) is 0 Å². The molecule has 2 fully saturated rings. The first-order valence-corrected chi connectivity index (χ1v) is 7.08. The number of allylic oxidation sites excluding steroid dienone is 1. The number of hydrogen-bond acceptors (Lipinski definition) is 2. The Kier molecular flexibility index (Phi) is 4.25. The van der Waals surface area contributed by atoms with E-state index in [1.807, 2.05) is 13.8 Å². The number of carbonyl (C=O) groups excluding carboxylic acids is 1. The largest absolute Gasteiger partial charge is 0.463 e. The van der Waals surface area contributed by atoms with E-state index in [0.29, 0.717) is 12.5 Å². The zero-order valence-electron chi connectivity index (χ0n) is 11.1. The average Bonchev–Trinajstić information content (AvgIpc) is 3.10. The van der Waals surface area contributed by atoms with E-state index in [4.69, 9.17) is 4.74 Å². The number of ether oxygens (including phenoxy) is 1. The first kappa shape index (κ1) is 12.7. The monoisotopic (exact) mass is 236 g/mol. The van der Waals surface area contributed by atoms with Crippen LogP contribution in [-0.2, 0) is 9.53 Å². The molecule has 0 heterocycles. The first-order chi connectivity index (χ1) is 8.22. The third kappa shape index (κ3) is 3.34. The van der Waals surface area contributed by atoms with Crippen molar-refractivity contribution in [2.75, 3.05) is 6.61 Å². The lowest BCUT2D eigenvalue weighted by Crippen LogP contribution is -2.09. The lowest BCUT2D eigenvalue weighted by atomic mass is 9.85. The summed E-state index contributed by atoms with van der Waals surface area (Å²) in [4.78, 5) is 11.5. The quantitative estimate of drug-likeness (QED) is 0.549. The highest BCUT2D eigenvalue weighted by molar-refractivity contribution is 5.87. The molecular weight excluding hydrogens is 212 g/mol. The molecule has 2 rings (SSSR count). The Morgan fingerprint density at radius 3 is 2.65 bits per heavy atom. The van der Waals surface area contributed by atoms with E-state index < -0.39 is 0 Å². The summed E-state index contributed by atoms with van der Waals surface area (Å²) in [5.74, 6) is 2.31. The number of carbonyl (C=O) groups is 1. The second-order valence-corrected chi connectivity index (χ2v) is 5.53. The third-order valence-corrected chi connectivity index (χ3v) is 4.21. The number of hydrogen-bond donors (Lipinski definition) is 0. The third-order valence-electron chi connectivity index (χ3n) is 4.21. The summed E-state index contributed by atoms with van der Waals surface area (Å²) in [5, 5.41) is 0. The molecule has 0 bridgehead atoms. The van der Waals surface area contributed by atoms with Gasteiger partial charge in [-0.05, 0) is 38.0 Å². The zero-order chi connectivity index (χ0) is 12.3. The molecule has 0 aliphatic heterocycles. The van der Waals surface area contributed by atoms with Crippen LogP contribution < -0.4 is 0 Å². The Morgan fingerprint density at radius 2 is 2.00 bits per heavy atom. The molecule has 2 nitrogen and oxygen atoms in total. The van der Waals surface area contributed by atoms with Gasteiger partial charge in [0.05, 0.1) is 6.61 Å². The summed E-state index contributed by atoms with van der Waals surface area (Å²) in [6.07, 6.45) is 10.5. The van der Waals surface area contributed by atoms with E-state index in [-0.39, 0.29) is 5.97 Å². The van der Waals surface area contributed by atoms with E-state index in [1.54, 1.807) is 0 Å². The van der Waals surface area contributed by atoms with Gasteiger partial charge in [0.15, 0.2) is 0 Å². The second-order valence-electron chi connectivity index (χ2n) is 5.53. The SMILES string of the molecule is CCOC(=O)/C(C)=C/[C@H]1C[C@@H]1C1CCCCC1. The van der Waals surface area contributed by atoms with Crippen LogP contribution in [-0.4, -0.2) is 12.6 Å². The highest BCUT2D eigenvalue weighted by Crippen LogP contribution is 2.50. The van der Waals surface area contributed by atoms with E-state index in [2.05, 4.69) is 6.08 Å². The highest BCUT2D eigenvalue weighted by atomic mass is 16.5. The molecule has 0 unspecified atom stereocenters. The maximum atomic E-state index is 11.5. The van der Waals surface area contributed by atoms with Gasteiger partial charge >= 0.3 is 5.97 Å². The minimum atomic E-state index is -0.137. The van der Waals surface area contributed by atoms with E-state index in [1.165, 1.54) is 38.5 Å². The molecule has 0 aromatic heterocycles. The molecular formula is C15H24O2. The van der Waals surface area contributed by atoms with Gasteiger partial charge in [-0.2, -0.15) is 0 Å². The van der Waals surface area contributed by atoms with Gasteiger partial charge in [0.2, 0.25) is 0 Å². The normalized spacial score (nSPS) is 30.1. The van der Waals surface area contributed by atoms with Gasteiger partial charge in [0, 0.05) is 5.57 Å². The lowest BCUT2D eigenvalue weighted by molar-refractivity contribution is -0.138. The van der Waals surface area contributed by atoms with Crippen molar-refractivity contribution in [3.8, 4) is 0 Å². The summed E-state index contributed by atoms with van der Waals surface area (Å²) >= 11 is 0. The fourth-order valence-corrected chi connectivity index (χ4v) is 3.17. The van der Waals surface area contributed by atoms with Crippen molar-refractivity contribution in [1.82, 2.24) is 0 Å². The van der Waals surface area contributed by atoms with Crippen molar-refractivity contribution < 1.29 is 9.53 Å². The summed E-state index contributed by atoms with van der Waals surface area (Å²) < 4.78 is 5.01. The van der Waals surface area contributed by atoms with E-state index >= 15 is 0 Å². The smallest absolute Gasteiger partial charge is 0.333 e. The summed E-state index contributed by atoms with van der Waals surface area (Å²) in [6.45, 7) is 4.21. The van der Waals surface area contributed by atoms with Crippen LogP contribution in [0.4, 0.5) is 0 Å². The van der Waals surface area contributed by atoms with Crippen LogP contribution in [0.2, 0.25) is 0 Å². The van der Waals surface area contributed by atoms with Gasteiger partial charge in [-0.25, -0.2) is 4.79 Å². The maximum absolute atomic E-state index is 11.5. The van der Waals surface area contributed by atoms with Crippen LogP contribution >= 0.6 is 0 Å². The predicted octanol–water partition coefficient (Wildman–Crippen LogP) is 3.71. The fraction of sp³-hybridized carbons (Fsp3) is 0.800. The van der Waals surface area contributed by atoms with Crippen LogP contribution in [0.15, 0.2) is 11.6 Å². The predicted molar refractivity (Wildman–Crippen MR) is 68.6 cm³/mol. The molecule has 0 spiro atoms. The topological polar surface area (TPSA) is 26.3 Å². The van der Waals surface area contributed by atoms with Crippen molar-refractivity contribution in [2.24, 2.45) is 17.8 Å². The summed E-state index contributed by atoms with van der Waals surface area (Å²) in [6, 6.07) is 0. The molecule has 2 heteroatoms. The number of esters is 1. The van der Waals surface area contributed by atoms with Crippen molar-refractivity contribution >= 4 is 5.97 Å². The standard InChI is InChI=1S/C15H24O2/c1-3-17-15(16)11(2)9-13-10-14(13)12-7-5-4-6-8-12/h9,12-14H,3-8,10H2,1-2H3/b11-9+/t13-,14+/m0/s1. The molecule has 0 N–H and O–H groups in total. The molecule has 2 aliphatic rings. The second kappa shape index (κ2) is 5.70. The van der Waals surface area contributed by atoms with Crippen LogP contribution in [0.1, 0.15) is 52.4 Å². The molecule has 0 aromatic rings. The van der Waals surface area contributed by atoms with Gasteiger partial charge in [-0.1, -0.05) is 38.2 Å². The van der Waals surface area contributed by atoms with Gasteiger partial charge in [0.25, 0.3) is 0 Å². The van der Waals surface area contributed by atoms with Crippen LogP contribution in [0.3, 0.4) is 0 Å². The van der Waals surface area contributed by atoms with Crippen molar-refractivity contribution in [1.29, 1.82) is 0 Å². The minimum Gasteiger partial charge on any atom is -0.463 e. The Labute approximate surface area is 104 Å². The molecule has 0 aromatic carbocycles. The van der Waals surface area contributed by atoms with Gasteiger partial charge < -0.3 is 4.74 Å². The zero-order valence-corrected chi connectivity index (χ0v) is 11.1. The Bertz CT molecular complexity index is 300. The van der Waals surface area contributed by atoms with Crippen molar-refractivity contribution in [3.63, 3.8) is 0 Å². The lowest BCUT2D eigenvalue weighted by Gasteiger charge is -2.21. The van der Waals surface area contributed by atoms with Crippen molar-refractivity contribution in [2.45, 2.75) is 52.4 Å². The Hall–Kier alpha value is -0.790. The van der Waals surface area contributed by atoms with Gasteiger partial charge in [0.1, 0.15) is 0 Å². The number of rotatable bonds is 4. The molecule has 96 valence electrons. The molecule has 0 saturated heterocycles. The first-order valence-electron chi connectivity index (χ1n) is 7.08. The molecule has 2 atom stereocenters. The highest BCUT2D eigenvalue weighted by Gasteiger charge is 2.41.